The number of benzene rings is 3. The van der Waals surface area contributed by atoms with Gasteiger partial charge in [-0.1, -0.05) is 54.6 Å². The molecule has 0 atom stereocenters. The zero-order chi connectivity index (χ0) is 19.0. The van der Waals surface area contributed by atoms with Crippen LogP contribution in [0.4, 0.5) is 10.1 Å². The Labute approximate surface area is 156 Å². The van der Waals surface area contributed by atoms with E-state index in [1.54, 1.807) is 54.6 Å². The minimum atomic E-state index is -0.462. The van der Waals surface area contributed by atoms with E-state index in [0.29, 0.717) is 28.0 Å². The zero-order valence-electron chi connectivity index (χ0n) is 14.6. The summed E-state index contributed by atoms with van der Waals surface area (Å²) in [5.41, 5.74) is 2.86. The zero-order valence-corrected chi connectivity index (χ0v) is 14.6. The summed E-state index contributed by atoms with van der Waals surface area (Å²) >= 11 is 0. The summed E-state index contributed by atoms with van der Waals surface area (Å²) in [6, 6.07) is 20.4. The predicted molar refractivity (Wildman–Crippen MR) is 104 cm³/mol. The highest BCUT2D eigenvalue weighted by atomic mass is 19.1. The molecule has 1 aliphatic rings. The van der Waals surface area contributed by atoms with Gasteiger partial charge in [0.25, 0.3) is 11.8 Å². The first-order valence-corrected chi connectivity index (χ1v) is 8.58. The lowest BCUT2D eigenvalue weighted by Gasteiger charge is -2.29. The van der Waals surface area contributed by atoms with Crippen LogP contribution in [0.3, 0.4) is 0 Å². The average molecular weight is 357 g/mol. The SMILES string of the molecule is Cc1ccccc1N1C(=O)/C(=C\c2ccccc2F)c2ccccc2C1=O. The molecular weight excluding hydrogens is 341 g/mol. The summed E-state index contributed by atoms with van der Waals surface area (Å²) in [5.74, 6) is -1.26. The molecule has 1 aliphatic heterocycles. The number of amides is 2. The van der Waals surface area contributed by atoms with Crippen molar-refractivity contribution >= 4 is 29.2 Å². The largest absolute Gasteiger partial charge is 0.268 e. The van der Waals surface area contributed by atoms with Crippen molar-refractivity contribution in [3.05, 3.63) is 101 Å². The molecule has 1 heterocycles. The highest BCUT2D eigenvalue weighted by Crippen LogP contribution is 2.34. The number of aryl methyl sites for hydroxylation is 1. The van der Waals surface area contributed by atoms with E-state index in [-0.39, 0.29) is 5.91 Å². The quantitative estimate of drug-likeness (QED) is 0.485. The molecule has 0 bridgehead atoms. The Bertz CT molecular complexity index is 1100. The van der Waals surface area contributed by atoms with E-state index in [2.05, 4.69) is 0 Å². The highest BCUT2D eigenvalue weighted by Gasteiger charge is 2.36. The smallest absolute Gasteiger partial charge is 0.265 e. The Kier molecular flexibility index (Phi) is 4.16. The van der Waals surface area contributed by atoms with Crippen molar-refractivity contribution in [3.63, 3.8) is 0 Å². The number of carbonyl (C=O) groups excluding carboxylic acids is 2. The van der Waals surface area contributed by atoms with Crippen LogP contribution in [-0.4, -0.2) is 11.8 Å². The summed E-state index contributed by atoms with van der Waals surface area (Å²) in [7, 11) is 0. The third-order valence-electron chi connectivity index (χ3n) is 4.65. The average Bonchev–Trinajstić information content (AvgIpc) is 2.68. The van der Waals surface area contributed by atoms with Crippen LogP contribution in [0.5, 0.6) is 0 Å². The minimum absolute atomic E-state index is 0.290. The van der Waals surface area contributed by atoms with Crippen molar-refractivity contribution in [2.24, 2.45) is 0 Å². The maximum absolute atomic E-state index is 14.2. The van der Waals surface area contributed by atoms with Crippen molar-refractivity contribution in [2.45, 2.75) is 6.92 Å². The van der Waals surface area contributed by atoms with E-state index < -0.39 is 11.7 Å². The Morgan fingerprint density at radius 2 is 1.41 bits per heavy atom. The molecule has 3 aromatic carbocycles. The van der Waals surface area contributed by atoms with Crippen LogP contribution in [-0.2, 0) is 4.79 Å². The Morgan fingerprint density at radius 1 is 0.778 bits per heavy atom. The Hall–Kier alpha value is -3.53. The first kappa shape index (κ1) is 16.9. The number of hydrogen-bond donors (Lipinski definition) is 0. The molecule has 0 radical (unpaired) electrons. The van der Waals surface area contributed by atoms with Crippen LogP contribution in [0.15, 0.2) is 72.8 Å². The third-order valence-corrected chi connectivity index (χ3v) is 4.65. The second kappa shape index (κ2) is 6.65. The number of carbonyl (C=O) groups is 2. The number of para-hydroxylation sites is 1. The molecule has 0 N–H and O–H groups in total. The molecule has 0 saturated carbocycles. The number of halogens is 1. The van der Waals surface area contributed by atoms with Gasteiger partial charge >= 0.3 is 0 Å². The molecule has 132 valence electrons. The van der Waals surface area contributed by atoms with Gasteiger partial charge in [0.05, 0.1) is 5.69 Å². The monoisotopic (exact) mass is 357 g/mol. The maximum atomic E-state index is 14.2. The molecule has 0 aromatic heterocycles. The molecule has 27 heavy (non-hydrogen) atoms. The van der Waals surface area contributed by atoms with Gasteiger partial charge in [-0.05, 0) is 42.3 Å². The normalized spacial score (nSPS) is 15.2. The number of imide groups is 1. The number of rotatable bonds is 2. The van der Waals surface area contributed by atoms with E-state index in [4.69, 9.17) is 0 Å². The molecule has 0 unspecified atom stereocenters. The van der Waals surface area contributed by atoms with Crippen LogP contribution in [0.2, 0.25) is 0 Å². The fourth-order valence-corrected chi connectivity index (χ4v) is 3.27. The fraction of sp³-hybridized carbons (Fsp3) is 0.0435. The van der Waals surface area contributed by atoms with Crippen LogP contribution >= 0.6 is 0 Å². The minimum Gasteiger partial charge on any atom is -0.268 e. The summed E-state index contributed by atoms with van der Waals surface area (Å²) < 4.78 is 14.2. The first-order chi connectivity index (χ1) is 13.1. The van der Waals surface area contributed by atoms with Crippen molar-refractivity contribution in [3.8, 4) is 0 Å². The number of nitrogens with zero attached hydrogens (tertiary/aromatic N) is 1. The highest BCUT2D eigenvalue weighted by molar-refractivity contribution is 6.43. The van der Waals surface area contributed by atoms with E-state index in [0.717, 1.165) is 5.56 Å². The number of fused-ring (bicyclic) bond motifs is 1. The lowest BCUT2D eigenvalue weighted by Crippen LogP contribution is -2.42. The van der Waals surface area contributed by atoms with Gasteiger partial charge in [-0.3, -0.25) is 9.59 Å². The summed E-state index contributed by atoms with van der Waals surface area (Å²) in [6.45, 7) is 1.84. The maximum Gasteiger partial charge on any atom is 0.265 e. The van der Waals surface area contributed by atoms with Crippen LogP contribution in [0.25, 0.3) is 11.6 Å². The number of hydrogen-bond acceptors (Lipinski definition) is 2. The molecular formula is C23H16FNO2. The summed E-state index contributed by atoms with van der Waals surface area (Å²) in [4.78, 5) is 27.5. The van der Waals surface area contributed by atoms with Crippen molar-refractivity contribution in [2.75, 3.05) is 4.90 Å². The predicted octanol–water partition coefficient (Wildman–Crippen LogP) is 4.86. The molecule has 0 spiro atoms. The second-order valence-electron chi connectivity index (χ2n) is 6.36. The standard InChI is InChI=1S/C23H16FNO2/c1-15-8-2-7-13-21(15)25-22(26)18-11-5-4-10-17(18)19(23(25)27)14-16-9-3-6-12-20(16)24/h2-14H,1H3/b19-14-. The lowest BCUT2D eigenvalue weighted by atomic mass is 9.91. The van der Waals surface area contributed by atoms with Crippen molar-refractivity contribution in [1.29, 1.82) is 0 Å². The van der Waals surface area contributed by atoms with E-state index >= 15 is 0 Å². The van der Waals surface area contributed by atoms with Crippen LogP contribution < -0.4 is 4.90 Å². The topological polar surface area (TPSA) is 37.4 Å². The molecule has 4 heteroatoms. The van der Waals surface area contributed by atoms with Gasteiger partial charge < -0.3 is 0 Å². The Balaban J connectivity index is 1.95. The molecule has 2 amide bonds. The second-order valence-corrected chi connectivity index (χ2v) is 6.36. The van der Waals surface area contributed by atoms with Crippen molar-refractivity contribution < 1.29 is 14.0 Å². The van der Waals surface area contributed by atoms with Crippen LogP contribution in [0, 0.1) is 12.7 Å². The van der Waals surface area contributed by atoms with Gasteiger partial charge in [0, 0.05) is 16.7 Å². The molecule has 4 rings (SSSR count). The Morgan fingerprint density at radius 3 is 2.15 bits per heavy atom. The van der Waals surface area contributed by atoms with Crippen molar-refractivity contribution in [1.82, 2.24) is 0 Å². The molecule has 3 aromatic rings. The van der Waals surface area contributed by atoms with E-state index in [1.807, 2.05) is 19.1 Å². The fourth-order valence-electron chi connectivity index (χ4n) is 3.27. The van der Waals surface area contributed by atoms with Gasteiger partial charge in [0.15, 0.2) is 0 Å². The van der Waals surface area contributed by atoms with Gasteiger partial charge in [0.1, 0.15) is 5.82 Å². The van der Waals surface area contributed by atoms with Gasteiger partial charge in [-0.2, -0.15) is 0 Å². The van der Waals surface area contributed by atoms with E-state index in [9.17, 15) is 14.0 Å². The lowest BCUT2D eigenvalue weighted by molar-refractivity contribution is -0.112. The third kappa shape index (κ3) is 2.85. The summed E-state index contributed by atoms with van der Waals surface area (Å²) in [6.07, 6.45) is 1.51. The van der Waals surface area contributed by atoms with Gasteiger partial charge in [-0.15, -0.1) is 0 Å². The number of anilines is 1. The first-order valence-electron chi connectivity index (χ1n) is 8.58. The molecule has 0 saturated heterocycles. The van der Waals surface area contributed by atoms with Crippen LogP contribution in [0.1, 0.15) is 27.0 Å². The molecule has 0 aliphatic carbocycles. The van der Waals surface area contributed by atoms with E-state index in [1.165, 1.54) is 17.0 Å². The molecule has 0 fully saturated rings. The molecule has 3 nitrogen and oxygen atoms in total. The summed E-state index contributed by atoms with van der Waals surface area (Å²) in [5, 5.41) is 0. The van der Waals surface area contributed by atoms with Gasteiger partial charge in [0.2, 0.25) is 0 Å². The van der Waals surface area contributed by atoms with Gasteiger partial charge in [-0.25, -0.2) is 9.29 Å².